The third-order valence-corrected chi connectivity index (χ3v) is 4.99. The predicted molar refractivity (Wildman–Crippen MR) is 99.4 cm³/mol. The predicted octanol–water partition coefficient (Wildman–Crippen LogP) is 1.47. The summed E-state index contributed by atoms with van der Waals surface area (Å²) in [4.78, 5) is 18.5. The van der Waals surface area contributed by atoms with Gasteiger partial charge in [0.05, 0.1) is 26.2 Å². The molecule has 0 bridgehead atoms. The summed E-state index contributed by atoms with van der Waals surface area (Å²) in [7, 11) is 2.89. The lowest BCUT2D eigenvalue weighted by Gasteiger charge is -2.41. The fraction of sp³-hybridized carbons (Fsp3) is 0.667. The van der Waals surface area contributed by atoms with E-state index in [1.54, 1.807) is 0 Å². The summed E-state index contributed by atoms with van der Waals surface area (Å²) in [6.07, 6.45) is 0.0111. The van der Waals surface area contributed by atoms with Gasteiger partial charge in [0.2, 0.25) is 23.3 Å². The van der Waals surface area contributed by atoms with Crippen LogP contribution in [0.25, 0.3) is 0 Å². The van der Waals surface area contributed by atoms with Crippen molar-refractivity contribution in [2.75, 3.05) is 40.6 Å². The van der Waals surface area contributed by atoms with Crippen LogP contribution in [-0.4, -0.2) is 74.2 Å². The Morgan fingerprint density at radius 1 is 1.00 bits per heavy atom. The Morgan fingerprint density at radius 3 is 2.30 bits per heavy atom. The maximum Gasteiger partial charge on any atom is 0.323 e. The van der Waals surface area contributed by atoms with Crippen LogP contribution in [-0.2, 0) is 19.1 Å². The Kier molecular flexibility index (Phi) is 5.91. The molecule has 2 aliphatic heterocycles. The minimum Gasteiger partial charge on any atom is -0.481 e. The topological polar surface area (TPSA) is 115 Å². The molecule has 3 aliphatic rings. The van der Waals surface area contributed by atoms with Gasteiger partial charge in [-0.1, -0.05) is 5.16 Å². The molecule has 3 heterocycles. The first-order chi connectivity index (χ1) is 14.6. The van der Waals surface area contributed by atoms with Gasteiger partial charge in [-0.05, 0) is 24.4 Å². The van der Waals surface area contributed by atoms with Gasteiger partial charge in [-0.3, -0.25) is 0 Å². The van der Waals surface area contributed by atoms with Crippen molar-refractivity contribution in [3.05, 3.63) is 6.07 Å². The van der Waals surface area contributed by atoms with E-state index in [4.69, 9.17) is 33.4 Å². The molecule has 11 nitrogen and oxygen atoms in total. The van der Waals surface area contributed by atoms with Crippen LogP contribution in [0.3, 0.4) is 0 Å². The van der Waals surface area contributed by atoms with E-state index < -0.39 is 17.7 Å². The van der Waals surface area contributed by atoms with Crippen LogP contribution < -0.4 is 14.2 Å². The fourth-order valence-corrected chi connectivity index (χ4v) is 3.60. The maximum atomic E-state index is 16.4. The lowest BCUT2D eigenvalue weighted by molar-refractivity contribution is -0.0437. The number of nitrogens with zero attached hydrogens (tertiary/aromatic N) is 4. The van der Waals surface area contributed by atoms with Gasteiger partial charge in [0.1, 0.15) is 13.2 Å². The van der Waals surface area contributed by atoms with Crippen LogP contribution in [0.4, 0.5) is 4.39 Å². The first-order valence-corrected chi connectivity index (χ1v) is 9.62. The summed E-state index contributed by atoms with van der Waals surface area (Å²) in [6, 6.07) is 1.36. The number of hydrogen-bond donors (Lipinski definition) is 0. The highest BCUT2D eigenvalue weighted by Gasteiger charge is 2.57. The first-order valence-electron chi connectivity index (χ1n) is 9.62. The van der Waals surface area contributed by atoms with Crippen molar-refractivity contribution >= 4 is 11.8 Å². The Balaban J connectivity index is 1.72. The zero-order valence-corrected chi connectivity index (χ0v) is 16.7. The zero-order valence-electron chi connectivity index (χ0n) is 16.7. The molecule has 1 aromatic rings. The second kappa shape index (κ2) is 8.76. The monoisotopic (exact) mass is 426 g/mol. The molecule has 0 radical (unpaired) electrons. The molecule has 4 rings (SSSR count). The standard InChI is InChI=1S/C18H23FN4O7/c1-24-12-10-13(25-2)21-17(20-12)30-14-11(15-22-28-8-6-26-15)4-3-5-18(14,19)16-23-29-9-7-27-16/h10-11,14H,3-9H2,1-2H3. The molecule has 1 fully saturated rings. The quantitative estimate of drug-likeness (QED) is 0.667. The van der Waals surface area contributed by atoms with E-state index >= 15 is 4.39 Å². The van der Waals surface area contributed by atoms with E-state index in [1.165, 1.54) is 20.3 Å². The lowest BCUT2D eigenvalue weighted by Crippen LogP contribution is -2.58. The number of methoxy groups -OCH3 is 2. The molecule has 1 aromatic heterocycles. The third-order valence-electron chi connectivity index (χ3n) is 4.99. The van der Waals surface area contributed by atoms with E-state index in [1.807, 2.05) is 0 Å². The van der Waals surface area contributed by atoms with Crippen molar-refractivity contribution in [1.29, 1.82) is 0 Å². The third kappa shape index (κ3) is 3.98. The molecule has 0 amide bonds. The molecule has 0 spiro atoms. The molecular formula is C18H23FN4O7. The number of halogens is 1. The van der Waals surface area contributed by atoms with Crippen molar-refractivity contribution in [1.82, 2.24) is 9.97 Å². The summed E-state index contributed by atoms with van der Waals surface area (Å²) in [5, 5.41) is 7.77. The van der Waals surface area contributed by atoms with Gasteiger partial charge in [-0.15, -0.1) is 0 Å². The summed E-state index contributed by atoms with van der Waals surface area (Å²) < 4.78 is 43.9. The van der Waals surface area contributed by atoms with Crippen LogP contribution in [0.5, 0.6) is 17.8 Å². The van der Waals surface area contributed by atoms with Crippen LogP contribution in [0, 0.1) is 5.92 Å². The Hall–Kier alpha value is -3.05. The Labute approximate surface area is 172 Å². The normalized spacial score (nSPS) is 28.5. The van der Waals surface area contributed by atoms with Gasteiger partial charge in [-0.2, -0.15) is 9.97 Å². The van der Waals surface area contributed by atoms with Gasteiger partial charge < -0.3 is 33.4 Å². The van der Waals surface area contributed by atoms with Crippen molar-refractivity contribution in [3.63, 3.8) is 0 Å². The number of oxime groups is 2. The van der Waals surface area contributed by atoms with Crippen LogP contribution in [0.2, 0.25) is 0 Å². The Morgan fingerprint density at radius 2 is 1.70 bits per heavy atom. The van der Waals surface area contributed by atoms with E-state index in [2.05, 4.69) is 20.3 Å². The summed E-state index contributed by atoms with van der Waals surface area (Å²) in [5.74, 6) is -0.107. The second-order valence-corrected chi connectivity index (χ2v) is 6.82. The molecule has 3 atom stereocenters. The molecule has 12 heteroatoms. The minimum absolute atomic E-state index is 0.103. The summed E-state index contributed by atoms with van der Waals surface area (Å²) in [5.41, 5.74) is -2.12. The average molecular weight is 426 g/mol. The van der Waals surface area contributed by atoms with Crippen LogP contribution >= 0.6 is 0 Å². The molecule has 0 aromatic carbocycles. The van der Waals surface area contributed by atoms with Gasteiger partial charge in [-0.25, -0.2) is 4.39 Å². The molecule has 1 saturated carbocycles. The number of hydrogen-bond acceptors (Lipinski definition) is 11. The summed E-state index contributed by atoms with van der Waals surface area (Å²) >= 11 is 0. The fourth-order valence-electron chi connectivity index (χ4n) is 3.60. The highest BCUT2D eigenvalue weighted by Crippen LogP contribution is 2.41. The van der Waals surface area contributed by atoms with E-state index in [0.29, 0.717) is 26.1 Å². The molecule has 30 heavy (non-hydrogen) atoms. The van der Waals surface area contributed by atoms with Crippen molar-refractivity contribution in [2.24, 2.45) is 16.2 Å². The molecule has 0 saturated heterocycles. The second-order valence-electron chi connectivity index (χ2n) is 6.82. The number of ether oxygens (including phenoxy) is 5. The van der Waals surface area contributed by atoms with E-state index in [0.717, 1.165) is 0 Å². The van der Waals surface area contributed by atoms with E-state index in [9.17, 15) is 0 Å². The molecule has 164 valence electrons. The highest BCUT2D eigenvalue weighted by molar-refractivity contribution is 5.88. The van der Waals surface area contributed by atoms with Gasteiger partial charge in [0.15, 0.2) is 19.3 Å². The van der Waals surface area contributed by atoms with Gasteiger partial charge >= 0.3 is 6.01 Å². The SMILES string of the molecule is COc1cc(OC)nc(OC2C(C3=NOCCO3)CCCC2(F)C2=NOCCO2)n1. The molecular weight excluding hydrogens is 403 g/mol. The molecule has 3 unspecified atom stereocenters. The van der Waals surface area contributed by atoms with Crippen molar-refractivity contribution in [2.45, 2.75) is 31.0 Å². The maximum absolute atomic E-state index is 16.4. The summed E-state index contributed by atoms with van der Waals surface area (Å²) in [6.45, 7) is 1.06. The first kappa shape index (κ1) is 20.2. The van der Waals surface area contributed by atoms with Crippen molar-refractivity contribution < 1.29 is 37.7 Å². The minimum atomic E-state index is -2.12. The van der Waals surface area contributed by atoms with Gasteiger partial charge in [0.25, 0.3) is 5.90 Å². The molecule has 1 aliphatic carbocycles. The van der Waals surface area contributed by atoms with Crippen molar-refractivity contribution in [3.8, 4) is 17.8 Å². The smallest absolute Gasteiger partial charge is 0.323 e. The highest BCUT2D eigenvalue weighted by atomic mass is 19.1. The zero-order chi connectivity index (χ0) is 21.0. The molecule has 0 N–H and O–H groups in total. The largest absolute Gasteiger partial charge is 0.481 e. The van der Waals surface area contributed by atoms with Gasteiger partial charge in [0, 0.05) is 0 Å². The van der Waals surface area contributed by atoms with Crippen LogP contribution in [0.15, 0.2) is 16.4 Å². The van der Waals surface area contributed by atoms with E-state index in [-0.39, 0.29) is 49.2 Å². The number of aromatic nitrogens is 2. The lowest BCUT2D eigenvalue weighted by atomic mass is 9.76. The number of rotatable bonds is 6. The number of alkyl halides is 1. The average Bonchev–Trinajstić information content (AvgIpc) is 2.81. The van der Waals surface area contributed by atoms with Crippen LogP contribution in [0.1, 0.15) is 19.3 Å². The Bertz CT molecular complexity index is 801.